The van der Waals surface area contributed by atoms with Gasteiger partial charge in [-0.3, -0.25) is 4.79 Å². The molecule has 1 aromatic carbocycles. The SMILES string of the molecule is COc1ccc(Cl)cc1C(=O)NC[C@]1(O)CCNC1. The minimum Gasteiger partial charge on any atom is -0.496 e. The van der Waals surface area contributed by atoms with Gasteiger partial charge in [0, 0.05) is 18.1 Å². The lowest BCUT2D eigenvalue weighted by molar-refractivity contribution is 0.0561. The third kappa shape index (κ3) is 3.37. The number of hydrogen-bond acceptors (Lipinski definition) is 4. The van der Waals surface area contributed by atoms with Gasteiger partial charge in [-0.15, -0.1) is 0 Å². The summed E-state index contributed by atoms with van der Waals surface area (Å²) in [4.78, 5) is 12.1. The minimum atomic E-state index is -0.874. The Hall–Kier alpha value is -1.30. The molecule has 0 saturated carbocycles. The van der Waals surface area contributed by atoms with E-state index in [9.17, 15) is 9.90 Å². The highest BCUT2D eigenvalue weighted by Crippen LogP contribution is 2.22. The molecule has 19 heavy (non-hydrogen) atoms. The van der Waals surface area contributed by atoms with Crippen LogP contribution in [-0.4, -0.2) is 43.4 Å². The Morgan fingerprint density at radius 1 is 1.63 bits per heavy atom. The summed E-state index contributed by atoms with van der Waals surface area (Å²) in [6.45, 7) is 1.45. The maximum Gasteiger partial charge on any atom is 0.255 e. The van der Waals surface area contributed by atoms with Crippen LogP contribution < -0.4 is 15.4 Å². The number of nitrogens with one attached hydrogen (secondary N) is 2. The van der Waals surface area contributed by atoms with E-state index in [4.69, 9.17) is 16.3 Å². The standard InChI is InChI=1S/C13H17ClN2O3/c1-19-11-3-2-9(14)6-10(11)12(17)16-8-13(18)4-5-15-7-13/h2-3,6,15,18H,4-5,7-8H2,1H3,(H,16,17)/t13-/m0/s1. The van der Waals surface area contributed by atoms with E-state index in [1.165, 1.54) is 7.11 Å². The van der Waals surface area contributed by atoms with Crippen molar-refractivity contribution < 1.29 is 14.6 Å². The average Bonchev–Trinajstić information content (AvgIpc) is 2.83. The summed E-state index contributed by atoms with van der Waals surface area (Å²) in [6.07, 6.45) is 0.625. The Labute approximate surface area is 116 Å². The van der Waals surface area contributed by atoms with Gasteiger partial charge < -0.3 is 20.5 Å². The monoisotopic (exact) mass is 284 g/mol. The summed E-state index contributed by atoms with van der Waals surface area (Å²) in [6, 6.07) is 4.85. The van der Waals surface area contributed by atoms with Crippen LogP contribution >= 0.6 is 11.6 Å². The number of carbonyl (C=O) groups is 1. The van der Waals surface area contributed by atoms with E-state index in [1.54, 1.807) is 18.2 Å². The topological polar surface area (TPSA) is 70.6 Å². The van der Waals surface area contributed by atoms with Crippen LogP contribution in [0.25, 0.3) is 0 Å². The second kappa shape index (κ2) is 5.77. The van der Waals surface area contributed by atoms with Gasteiger partial charge in [0.1, 0.15) is 5.75 Å². The number of carbonyl (C=O) groups excluding carboxylic acids is 1. The number of β-amino-alcohol motifs (C(OH)–C–C–N with tert-alkyl or cyclic N) is 1. The molecule has 104 valence electrons. The lowest BCUT2D eigenvalue weighted by atomic mass is 10.0. The van der Waals surface area contributed by atoms with Crippen molar-refractivity contribution in [1.82, 2.24) is 10.6 Å². The second-order valence-corrected chi connectivity index (χ2v) is 5.11. The van der Waals surface area contributed by atoms with Crippen LogP contribution in [-0.2, 0) is 0 Å². The van der Waals surface area contributed by atoms with Gasteiger partial charge in [-0.2, -0.15) is 0 Å². The van der Waals surface area contributed by atoms with Crippen molar-refractivity contribution in [3.05, 3.63) is 28.8 Å². The maximum absolute atomic E-state index is 12.1. The fourth-order valence-electron chi connectivity index (χ4n) is 2.08. The molecule has 6 heteroatoms. The summed E-state index contributed by atoms with van der Waals surface area (Å²) in [5.41, 5.74) is -0.508. The summed E-state index contributed by atoms with van der Waals surface area (Å²) in [5, 5.41) is 16.4. The van der Waals surface area contributed by atoms with E-state index in [1.807, 2.05) is 0 Å². The Bertz CT molecular complexity index is 473. The zero-order valence-corrected chi connectivity index (χ0v) is 11.5. The number of benzene rings is 1. The first kappa shape index (κ1) is 14.1. The van der Waals surface area contributed by atoms with Gasteiger partial charge in [0.15, 0.2) is 0 Å². The van der Waals surface area contributed by atoms with Gasteiger partial charge in [-0.1, -0.05) is 11.6 Å². The van der Waals surface area contributed by atoms with Crippen LogP contribution in [0.2, 0.25) is 5.02 Å². The van der Waals surface area contributed by atoms with Crippen LogP contribution in [0.5, 0.6) is 5.75 Å². The summed E-state index contributed by atoms with van der Waals surface area (Å²) in [7, 11) is 1.49. The van der Waals surface area contributed by atoms with Crippen LogP contribution in [0.4, 0.5) is 0 Å². The average molecular weight is 285 g/mol. The highest BCUT2D eigenvalue weighted by Gasteiger charge is 2.31. The molecule has 1 heterocycles. The lowest BCUT2D eigenvalue weighted by Gasteiger charge is -2.21. The number of aliphatic hydroxyl groups is 1. The zero-order valence-electron chi connectivity index (χ0n) is 10.7. The predicted octanol–water partition coefficient (Wildman–Crippen LogP) is 0.803. The molecule has 0 spiro atoms. The molecule has 0 aromatic heterocycles. The molecule has 0 bridgehead atoms. The van der Waals surface area contributed by atoms with Gasteiger partial charge in [0.05, 0.1) is 18.3 Å². The van der Waals surface area contributed by atoms with Crippen molar-refractivity contribution in [2.75, 3.05) is 26.7 Å². The van der Waals surface area contributed by atoms with Gasteiger partial charge in [0.2, 0.25) is 0 Å². The van der Waals surface area contributed by atoms with Crippen LogP contribution in [0.1, 0.15) is 16.8 Å². The fraction of sp³-hybridized carbons (Fsp3) is 0.462. The number of hydrogen-bond donors (Lipinski definition) is 3. The Morgan fingerprint density at radius 3 is 3.05 bits per heavy atom. The van der Waals surface area contributed by atoms with Crippen molar-refractivity contribution in [3.8, 4) is 5.75 Å². The first-order valence-corrected chi connectivity index (χ1v) is 6.47. The van der Waals surface area contributed by atoms with E-state index < -0.39 is 5.60 Å². The van der Waals surface area contributed by atoms with Crippen molar-refractivity contribution in [2.45, 2.75) is 12.0 Å². The Balaban J connectivity index is 2.05. The van der Waals surface area contributed by atoms with E-state index in [-0.39, 0.29) is 12.5 Å². The van der Waals surface area contributed by atoms with Crippen molar-refractivity contribution in [1.29, 1.82) is 0 Å². The minimum absolute atomic E-state index is 0.203. The number of rotatable bonds is 4. The van der Waals surface area contributed by atoms with Gasteiger partial charge in [-0.25, -0.2) is 0 Å². The smallest absolute Gasteiger partial charge is 0.255 e. The highest BCUT2D eigenvalue weighted by atomic mass is 35.5. The lowest BCUT2D eigenvalue weighted by Crippen LogP contribution is -2.44. The van der Waals surface area contributed by atoms with Crippen molar-refractivity contribution in [3.63, 3.8) is 0 Å². The van der Waals surface area contributed by atoms with Crippen molar-refractivity contribution >= 4 is 17.5 Å². The molecule has 0 radical (unpaired) electrons. The molecule has 1 amide bonds. The van der Waals surface area contributed by atoms with E-state index in [2.05, 4.69) is 10.6 Å². The third-order valence-electron chi connectivity index (χ3n) is 3.21. The van der Waals surface area contributed by atoms with E-state index in [0.29, 0.717) is 29.3 Å². The molecular formula is C13H17ClN2O3. The molecule has 3 N–H and O–H groups in total. The van der Waals surface area contributed by atoms with Crippen LogP contribution in [0, 0.1) is 0 Å². The second-order valence-electron chi connectivity index (χ2n) is 4.68. The fourth-order valence-corrected chi connectivity index (χ4v) is 2.25. The van der Waals surface area contributed by atoms with Gasteiger partial charge in [-0.05, 0) is 31.2 Å². The van der Waals surface area contributed by atoms with E-state index >= 15 is 0 Å². The number of halogens is 1. The summed E-state index contributed by atoms with van der Waals surface area (Å²) < 4.78 is 5.12. The molecule has 1 atom stereocenters. The molecule has 1 aromatic rings. The quantitative estimate of drug-likeness (QED) is 0.765. The predicted molar refractivity (Wildman–Crippen MR) is 72.8 cm³/mol. The van der Waals surface area contributed by atoms with Gasteiger partial charge >= 0.3 is 0 Å². The number of methoxy groups -OCH3 is 1. The summed E-state index contributed by atoms with van der Waals surface area (Å²) >= 11 is 5.88. The summed E-state index contributed by atoms with van der Waals surface area (Å²) in [5.74, 6) is 0.151. The van der Waals surface area contributed by atoms with Crippen molar-refractivity contribution in [2.24, 2.45) is 0 Å². The molecule has 1 aliphatic heterocycles. The Morgan fingerprint density at radius 2 is 2.42 bits per heavy atom. The largest absolute Gasteiger partial charge is 0.496 e. The molecular weight excluding hydrogens is 268 g/mol. The van der Waals surface area contributed by atoms with E-state index in [0.717, 1.165) is 6.54 Å². The maximum atomic E-state index is 12.1. The number of amides is 1. The molecule has 0 unspecified atom stereocenters. The van der Waals surface area contributed by atoms with Crippen LogP contribution in [0.15, 0.2) is 18.2 Å². The Kier molecular flexibility index (Phi) is 4.29. The highest BCUT2D eigenvalue weighted by molar-refractivity contribution is 6.31. The first-order chi connectivity index (χ1) is 9.04. The molecule has 1 fully saturated rings. The first-order valence-electron chi connectivity index (χ1n) is 6.09. The molecule has 2 rings (SSSR count). The van der Waals surface area contributed by atoms with Gasteiger partial charge in [0.25, 0.3) is 5.91 Å². The molecule has 5 nitrogen and oxygen atoms in total. The normalized spacial score (nSPS) is 22.3. The molecule has 0 aliphatic carbocycles. The number of ether oxygens (including phenoxy) is 1. The van der Waals surface area contributed by atoms with Crippen LogP contribution in [0.3, 0.4) is 0 Å². The third-order valence-corrected chi connectivity index (χ3v) is 3.44. The zero-order chi connectivity index (χ0) is 13.9. The molecule has 1 saturated heterocycles. The molecule has 1 aliphatic rings.